The topological polar surface area (TPSA) is 47.9 Å². The highest BCUT2D eigenvalue weighted by atomic mass is 79.9. The fourth-order valence-corrected chi connectivity index (χ4v) is 2.08. The highest BCUT2D eigenvalue weighted by molar-refractivity contribution is 9.10. The zero-order chi connectivity index (χ0) is 13.2. The Morgan fingerprint density at radius 2 is 1.94 bits per heavy atom. The largest absolute Gasteiger partial charge is 0.489 e. The predicted molar refractivity (Wildman–Crippen MR) is 70.7 cm³/mol. The van der Waals surface area contributed by atoms with Gasteiger partial charge in [-0.25, -0.2) is 9.79 Å². The van der Waals surface area contributed by atoms with E-state index in [1.807, 2.05) is 12.1 Å². The van der Waals surface area contributed by atoms with Crippen molar-refractivity contribution in [2.24, 2.45) is 10.4 Å². The molecule has 0 N–H and O–H groups in total. The first-order valence-electron chi connectivity index (χ1n) is 5.63. The fourth-order valence-electron chi connectivity index (χ4n) is 1.63. The number of carbonyl (C=O) groups excluding carboxylic acids is 1. The standard InChI is InChI=1S/C13H14BrNO3/c1-13(2)6-17-11-3-9(5-15-8-16)10(14)4-12(11)18-7-13/h3-4H,5-7H2,1-2H3. The van der Waals surface area contributed by atoms with Crippen LogP contribution in [0.25, 0.3) is 0 Å². The average molecular weight is 312 g/mol. The summed E-state index contributed by atoms with van der Waals surface area (Å²) in [6.45, 7) is 5.66. The summed E-state index contributed by atoms with van der Waals surface area (Å²) in [5.41, 5.74) is 0.854. The number of benzene rings is 1. The molecule has 0 atom stereocenters. The highest BCUT2D eigenvalue weighted by Crippen LogP contribution is 2.37. The Hall–Kier alpha value is -1.32. The van der Waals surface area contributed by atoms with Crippen LogP contribution in [0.1, 0.15) is 19.4 Å². The number of isocyanates is 1. The van der Waals surface area contributed by atoms with Crippen molar-refractivity contribution >= 4 is 22.0 Å². The summed E-state index contributed by atoms with van der Waals surface area (Å²) in [6, 6.07) is 3.70. The van der Waals surface area contributed by atoms with Crippen LogP contribution in [0.3, 0.4) is 0 Å². The van der Waals surface area contributed by atoms with Crippen LogP contribution in [0.4, 0.5) is 0 Å². The Labute approximate surface area is 114 Å². The average Bonchev–Trinajstić information content (AvgIpc) is 2.46. The summed E-state index contributed by atoms with van der Waals surface area (Å²) < 4.78 is 12.3. The van der Waals surface area contributed by atoms with Gasteiger partial charge in [0.1, 0.15) is 0 Å². The minimum absolute atomic E-state index is 0.0212. The van der Waals surface area contributed by atoms with Crippen LogP contribution in [-0.4, -0.2) is 19.3 Å². The lowest BCUT2D eigenvalue weighted by Gasteiger charge is -2.19. The summed E-state index contributed by atoms with van der Waals surface area (Å²) in [4.78, 5) is 13.7. The van der Waals surface area contributed by atoms with E-state index in [2.05, 4.69) is 34.8 Å². The first kappa shape index (κ1) is 13.1. The van der Waals surface area contributed by atoms with Gasteiger partial charge in [-0.15, -0.1) is 0 Å². The molecule has 5 heteroatoms. The molecule has 1 aliphatic rings. The number of fused-ring (bicyclic) bond motifs is 1. The molecule has 0 saturated heterocycles. The van der Waals surface area contributed by atoms with Crippen molar-refractivity contribution in [2.45, 2.75) is 20.4 Å². The predicted octanol–water partition coefficient (Wildman–Crippen LogP) is 3.08. The van der Waals surface area contributed by atoms with Crippen LogP contribution in [0, 0.1) is 5.41 Å². The van der Waals surface area contributed by atoms with Gasteiger partial charge < -0.3 is 9.47 Å². The number of hydrogen-bond donors (Lipinski definition) is 0. The van der Waals surface area contributed by atoms with E-state index < -0.39 is 0 Å². The SMILES string of the molecule is CC1(C)COc2cc(Br)c(CN=C=O)cc2OC1. The maximum absolute atomic E-state index is 10.2. The first-order chi connectivity index (χ1) is 8.52. The van der Waals surface area contributed by atoms with E-state index in [0.717, 1.165) is 10.0 Å². The second kappa shape index (κ2) is 5.12. The van der Waals surface area contributed by atoms with Crippen molar-refractivity contribution < 1.29 is 14.3 Å². The lowest BCUT2D eigenvalue weighted by atomic mass is 9.97. The molecule has 96 valence electrons. The zero-order valence-corrected chi connectivity index (χ0v) is 11.9. The molecule has 0 spiro atoms. The Morgan fingerprint density at radius 1 is 1.33 bits per heavy atom. The maximum atomic E-state index is 10.2. The summed E-state index contributed by atoms with van der Waals surface area (Å²) in [7, 11) is 0. The van der Waals surface area contributed by atoms with E-state index in [4.69, 9.17) is 9.47 Å². The quantitative estimate of drug-likeness (QED) is 0.623. The molecule has 4 nitrogen and oxygen atoms in total. The van der Waals surface area contributed by atoms with Gasteiger partial charge in [0.15, 0.2) is 11.5 Å². The van der Waals surface area contributed by atoms with Crippen molar-refractivity contribution in [3.63, 3.8) is 0 Å². The van der Waals surface area contributed by atoms with Crippen molar-refractivity contribution in [1.82, 2.24) is 0 Å². The molecule has 1 aliphatic heterocycles. The number of halogens is 1. The molecular formula is C13H14BrNO3. The third kappa shape index (κ3) is 2.92. The third-order valence-electron chi connectivity index (χ3n) is 2.66. The second-order valence-electron chi connectivity index (χ2n) is 5.04. The number of aliphatic imine (C=N–C) groups is 1. The van der Waals surface area contributed by atoms with Gasteiger partial charge in [-0.05, 0) is 17.7 Å². The highest BCUT2D eigenvalue weighted by Gasteiger charge is 2.25. The number of hydrogen-bond acceptors (Lipinski definition) is 4. The van der Waals surface area contributed by atoms with Crippen LogP contribution in [0.15, 0.2) is 21.6 Å². The van der Waals surface area contributed by atoms with Gasteiger partial charge >= 0.3 is 0 Å². The summed E-state index contributed by atoms with van der Waals surface area (Å²) in [5, 5.41) is 0. The maximum Gasteiger partial charge on any atom is 0.235 e. The minimum Gasteiger partial charge on any atom is -0.489 e. The van der Waals surface area contributed by atoms with Gasteiger partial charge in [-0.3, -0.25) is 0 Å². The Kier molecular flexibility index (Phi) is 3.73. The summed E-state index contributed by atoms with van der Waals surface area (Å²) in [5.74, 6) is 1.41. The molecule has 1 aromatic carbocycles. The summed E-state index contributed by atoms with van der Waals surface area (Å²) in [6.07, 6.45) is 1.53. The summed E-state index contributed by atoms with van der Waals surface area (Å²) >= 11 is 3.43. The lowest BCUT2D eigenvalue weighted by molar-refractivity contribution is 0.140. The van der Waals surface area contributed by atoms with E-state index in [9.17, 15) is 4.79 Å². The Bertz CT molecular complexity index is 507. The molecule has 0 aromatic heterocycles. The number of rotatable bonds is 2. The molecule has 2 rings (SSSR count). The van der Waals surface area contributed by atoms with Gasteiger partial charge in [-0.1, -0.05) is 29.8 Å². The van der Waals surface area contributed by atoms with Crippen LogP contribution < -0.4 is 9.47 Å². The monoisotopic (exact) mass is 311 g/mol. The minimum atomic E-state index is -0.0212. The molecule has 0 amide bonds. The number of nitrogens with zero attached hydrogens (tertiary/aromatic N) is 1. The van der Waals surface area contributed by atoms with Gasteiger partial charge in [-0.2, -0.15) is 0 Å². The molecular weight excluding hydrogens is 298 g/mol. The van der Waals surface area contributed by atoms with E-state index in [-0.39, 0.29) is 12.0 Å². The van der Waals surface area contributed by atoms with Crippen molar-refractivity contribution in [2.75, 3.05) is 13.2 Å². The molecule has 0 fully saturated rings. The van der Waals surface area contributed by atoms with Crippen LogP contribution in [0.2, 0.25) is 0 Å². The Balaban J connectivity index is 2.32. The molecule has 0 radical (unpaired) electrons. The van der Waals surface area contributed by atoms with Gasteiger partial charge in [0, 0.05) is 9.89 Å². The second-order valence-corrected chi connectivity index (χ2v) is 5.89. The van der Waals surface area contributed by atoms with E-state index in [1.54, 1.807) is 0 Å². The third-order valence-corrected chi connectivity index (χ3v) is 3.40. The van der Waals surface area contributed by atoms with Crippen molar-refractivity contribution in [1.29, 1.82) is 0 Å². The normalized spacial score (nSPS) is 16.6. The Morgan fingerprint density at radius 3 is 2.56 bits per heavy atom. The smallest absolute Gasteiger partial charge is 0.235 e. The fraction of sp³-hybridized carbons (Fsp3) is 0.462. The van der Waals surface area contributed by atoms with E-state index in [1.165, 1.54) is 6.08 Å². The van der Waals surface area contributed by atoms with Crippen molar-refractivity contribution in [3.8, 4) is 11.5 Å². The van der Waals surface area contributed by atoms with Crippen molar-refractivity contribution in [3.05, 3.63) is 22.2 Å². The van der Waals surface area contributed by atoms with Gasteiger partial charge in [0.25, 0.3) is 0 Å². The lowest BCUT2D eigenvalue weighted by Crippen LogP contribution is -2.26. The van der Waals surface area contributed by atoms with Crippen LogP contribution in [-0.2, 0) is 11.3 Å². The molecule has 0 bridgehead atoms. The molecule has 0 aliphatic carbocycles. The molecule has 1 heterocycles. The molecule has 0 saturated carbocycles. The molecule has 0 unspecified atom stereocenters. The molecule has 1 aromatic rings. The van der Waals surface area contributed by atoms with E-state index >= 15 is 0 Å². The zero-order valence-electron chi connectivity index (χ0n) is 10.3. The number of ether oxygens (including phenoxy) is 2. The van der Waals surface area contributed by atoms with Gasteiger partial charge in [0.2, 0.25) is 6.08 Å². The first-order valence-corrected chi connectivity index (χ1v) is 6.43. The molecule has 18 heavy (non-hydrogen) atoms. The van der Waals surface area contributed by atoms with Gasteiger partial charge in [0.05, 0.1) is 19.8 Å². The van der Waals surface area contributed by atoms with E-state index in [0.29, 0.717) is 24.7 Å². The van der Waals surface area contributed by atoms with Crippen LogP contribution in [0.5, 0.6) is 11.5 Å². The van der Waals surface area contributed by atoms with Crippen LogP contribution >= 0.6 is 15.9 Å².